The average molecular weight is 297 g/mol. The van der Waals surface area contributed by atoms with Crippen molar-refractivity contribution in [2.45, 2.75) is 13.0 Å². The minimum atomic E-state index is -0.0428. The number of hydrogen-bond donors (Lipinski definition) is 1. The highest BCUT2D eigenvalue weighted by Crippen LogP contribution is 2.22. The van der Waals surface area contributed by atoms with Gasteiger partial charge in [0.2, 0.25) is 0 Å². The van der Waals surface area contributed by atoms with Crippen LogP contribution in [0.3, 0.4) is 0 Å². The monoisotopic (exact) mass is 296 g/mol. The second kappa shape index (κ2) is 4.31. The number of benzene rings is 1. The van der Waals surface area contributed by atoms with Gasteiger partial charge in [0.15, 0.2) is 0 Å². The molecular weight excluding hydrogens is 284 g/mol. The summed E-state index contributed by atoms with van der Waals surface area (Å²) >= 11 is 3.45. The molecule has 0 saturated carbocycles. The maximum absolute atomic E-state index is 11.9. The quantitative estimate of drug-likeness (QED) is 0.923. The molecular formula is C12H13BrN2O2. The Kier molecular flexibility index (Phi) is 2.80. The van der Waals surface area contributed by atoms with E-state index in [0.717, 1.165) is 41.7 Å². The number of halogens is 1. The molecule has 1 unspecified atom stereocenters. The van der Waals surface area contributed by atoms with E-state index in [4.69, 9.17) is 4.74 Å². The minimum absolute atomic E-state index is 0.0428. The predicted octanol–water partition coefficient (Wildman–Crippen LogP) is 2.13. The number of hydrogen-bond acceptors (Lipinski definition) is 2. The van der Waals surface area contributed by atoms with Gasteiger partial charge in [-0.1, -0.05) is 6.07 Å². The summed E-state index contributed by atoms with van der Waals surface area (Å²) in [5.74, 6) is 0.450. The number of aromatic amines is 1. The van der Waals surface area contributed by atoms with Crippen molar-refractivity contribution in [3.63, 3.8) is 0 Å². The topological polar surface area (TPSA) is 47.0 Å². The summed E-state index contributed by atoms with van der Waals surface area (Å²) in [6.45, 7) is 2.30. The van der Waals surface area contributed by atoms with Gasteiger partial charge in [0, 0.05) is 23.5 Å². The van der Waals surface area contributed by atoms with Crippen molar-refractivity contribution in [2.75, 3.05) is 13.2 Å². The SMILES string of the molecule is O=c1[nH]c2c(Br)cccc2n1CC1CCOC1. The van der Waals surface area contributed by atoms with Gasteiger partial charge >= 0.3 is 5.69 Å². The molecule has 5 heteroatoms. The molecule has 90 valence electrons. The van der Waals surface area contributed by atoms with Crippen LogP contribution in [0, 0.1) is 5.92 Å². The van der Waals surface area contributed by atoms with E-state index in [1.807, 2.05) is 18.2 Å². The fraction of sp³-hybridized carbons (Fsp3) is 0.417. The number of ether oxygens (including phenoxy) is 1. The van der Waals surface area contributed by atoms with E-state index in [1.54, 1.807) is 4.57 Å². The van der Waals surface area contributed by atoms with Gasteiger partial charge in [-0.25, -0.2) is 4.79 Å². The third-order valence-electron chi connectivity index (χ3n) is 3.22. The summed E-state index contributed by atoms with van der Waals surface area (Å²) in [5, 5.41) is 0. The fourth-order valence-electron chi connectivity index (χ4n) is 2.31. The molecule has 0 spiro atoms. The first-order valence-electron chi connectivity index (χ1n) is 5.70. The van der Waals surface area contributed by atoms with Crippen molar-refractivity contribution in [2.24, 2.45) is 5.92 Å². The molecule has 4 nitrogen and oxygen atoms in total. The third-order valence-corrected chi connectivity index (χ3v) is 3.89. The first-order valence-corrected chi connectivity index (χ1v) is 6.50. The molecule has 0 aliphatic carbocycles. The summed E-state index contributed by atoms with van der Waals surface area (Å²) < 4.78 is 8.08. The zero-order chi connectivity index (χ0) is 11.8. The second-order valence-electron chi connectivity index (χ2n) is 4.40. The van der Waals surface area contributed by atoms with Gasteiger partial charge in [0.25, 0.3) is 0 Å². The Morgan fingerprint density at radius 1 is 1.53 bits per heavy atom. The average Bonchev–Trinajstić information content (AvgIpc) is 2.91. The van der Waals surface area contributed by atoms with Crippen LogP contribution in [0.2, 0.25) is 0 Å². The lowest BCUT2D eigenvalue weighted by atomic mass is 10.1. The number of nitrogens with zero attached hydrogens (tertiary/aromatic N) is 1. The first kappa shape index (κ1) is 11.0. The highest BCUT2D eigenvalue weighted by molar-refractivity contribution is 9.10. The number of nitrogens with one attached hydrogen (secondary N) is 1. The lowest BCUT2D eigenvalue weighted by Gasteiger charge is -2.08. The molecule has 1 fully saturated rings. The van der Waals surface area contributed by atoms with Gasteiger partial charge in [-0.3, -0.25) is 4.57 Å². The summed E-state index contributed by atoms with van der Waals surface area (Å²) in [5.41, 5.74) is 1.78. The van der Waals surface area contributed by atoms with Crippen LogP contribution in [-0.2, 0) is 11.3 Å². The molecule has 1 N–H and O–H groups in total. The molecule has 0 radical (unpaired) electrons. The van der Waals surface area contributed by atoms with Crippen LogP contribution in [0.5, 0.6) is 0 Å². The largest absolute Gasteiger partial charge is 0.381 e. The van der Waals surface area contributed by atoms with Crippen molar-refractivity contribution in [1.29, 1.82) is 0 Å². The second-order valence-corrected chi connectivity index (χ2v) is 5.26. The lowest BCUT2D eigenvalue weighted by molar-refractivity contribution is 0.182. The summed E-state index contributed by atoms with van der Waals surface area (Å²) in [4.78, 5) is 14.8. The van der Waals surface area contributed by atoms with Crippen LogP contribution in [0.15, 0.2) is 27.5 Å². The Balaban J connectivity index is 2.06. The van der Waals surface area contributed by atoms with Crippen LogP contribution >= 0.6 is 15.9 Å². The van der Waals surface area contributed by atoms with Gasteiger partial charge in [0.05, 0.1) is 17.6 Å². The van der Waals surface area contributed by atoms with E-state index in [0.29, 0.717) is 5.92 Å². The van der Waals surface area contributed by atoms with Crippen LogP contribution < -0.4 is 5.69 Å². The Hall–Kier alpha value is -1.07. The van der Waals surface area contributed by atoms with Gasteiger partial charge in [-0.05, 0) is 34.5 Å². The molecule has 0 amide bonds. The summed E-state index contributed by atoms with van der Waals surface area (Å²) in [6.07, 6.45) is 1.03. The Morgan fingerprint density at radius 2 is 2.41 bits per heavy atom. The highest BCUT2D eigenvalue weighted by Gasteiger charge is 2.18. The molecule has 1 saturated heterocycles. The Labute approximate surface area is 107 Å². The van der Waals surface area contributed by atoms with Crippen LogP contribution in [0.1, 0.15) is 6.42 Å². The lowest BCUT2D eigenvalue weighted by Crippen LogP contribution is -2.21. The van der Waals surface area contributed by atoms with E-state index < -0.39 is 0 Å². The van der Waals surface area contributed by atoms with Crippen molar-refractivity contribution >= 4 is 27.0 Å². The maximum Gasteiger partial charge on any atom is 0.326 e. The van der Waals surface area contributed by atoms with E-state index in [-0.39, 0.29) is 5.69 Å². The van der Waals surface area contributed by atoms with E-state index in [9.17, 15) is 4.79 Å². The highest BCUT2D eigenvalue weighted by atomic mass is 79.9. The third kappa shape index (κ3) is 1.93. The van der Waals surface area contributed by atoms with Gasteiger partial charge in [-0.2, -0.15) is 0 Å². The van der Waals surface area contributed by atoms with Crippen LogP contribution in [-0.4, -0.2) is 22.8 Å². The van der Waals surface area contributed by atoms with E-state index >= 15 is 0 Å². The normalized spacial score (nSPS) is 20.2. The zero-order valence-corrected chi connectivity index (χ0v) is 10.9. The van der Waals surface area contributed by atoms with Gasteiger partial charge < -0.3 is 9.72 Å². The van der Waals surface area contributed by atoms with Crippen LogP contribution in [0.4, 0.5) is 0 Å². The fourth-order valence-corrected chi connectivity index (χ4v) is 2.77. The van der Waals surface area contributed by atoms with Crippen molar-refractivity contribution < 1.29 is 4.74 Å². The van der Waals surface area contributed by atoms with Crippen molar-refractivity contribution in [1.82, 2.24) is 9.55 Å². The molecule has 2 heterocycles. The smallest absolute Gasteiger partial charge is 0.326 e. The van der Waals surface area contributed by atoms with Crippen LogP contribution in [0.25, 0.3) is 11.0 Å². The molecule has 1 aromatic heterocycles. The minimum Gasteiger partial charge on any atom is -0.381 e. The summed E-state index contributed by atoms with van der Waals surface area (Å²) in [6, 6.07) is 5.84. The van der Waals surface area contributed by atoms with Gasteiger partial charge in [0.1, 0.15) is 0 Å². The number of fused-ring (bicyclic) bond motifs is 1. The molecule has 1 aliphatic heterocycles. The molecule has 0 bridgehead atoms. The number of rotatable bonds is 2. The molecule has 1 aromatic carbocycles. The molecule has 1 atom stereocenters. The van der Waals surface area contributed by atoms with Crippen molar-refractivity contribution in [3.8, 4) is 0 Å². The number of para-hydroxylation sites is 1. The maximum atomic E-state index is 11.9. The molecule has 17 heavy (non-hydrogen) atoms. The number of aromatic nitrogens is 2. The number of H-pyrrole nitrogens is 1. The Morgan fingerprint density at radius 3 is 3.18 bits per heavy atom. The zero-order valence-electron chi connectivity index (χ0n) is 9.28. The standard InChI is InChI=1S/C12H13BrN2O2/c13-9-2-1-3-10-11(9)14-12(16)15(10)6-8-4-5-17-7-8/h1-3,8H,4-7H2,(H,14,16). The molecule has 2 aromatic rings. The Bertz CT molecular complexity index is 596. The molecule has 1 aliphatic rings. The van der Waals surface area contributed by atoms with Gasteiger partial charge in [-0.15, -0.1) is 0 Å². The number of imidazole rings is 1. The molecule has 3 rings (SSSR count). The summed E-state index contributed by atoms with van der Waals surface area (Å²) in [7, 11) is 0. The van der Waals surface area contributed by atoms with Crippen molar-refractivity contribution in [3.05, 3.63) is 33.2 Å². The predicted molar refractivity (Wildman–Crippen MR) is 69.2 cm³/mol. The van der Waals surface area contributed by atoms with E-state index in [1.165, 1.54) is 0 Å². The first-order chi connectivity index (χ1) is 8.25. The van der Waals surface area contributed by atoms with E-state index in [2.05, 4.69) is 20.9 Å².